The molecular weight excluding hydrogens is 374 g/mol. The molecular formula is C21H21N3O3S. The molecule has 2 amide bonds. The molecule has 7 heteroatoms. The summed E-state index contributed by atoms with van der Waals surface area (Å²) in [5.41, 5.74) is 0.519. The Labute approximate surface area is 166 Å². The lowest BCUT2D eigenvalue weighted by atomic mass is 10.2. The Morgan fingerprint density at radius 1 is 1.04 bits per heavy atom. The Morgan fingerprint density at radius 2 is 1.86 bits per heavy atom. The van der Waals surface area contributed by atoms with Crippen molar-refractivity contribution >= 4 is 40.0 Å². The van der Waals surface area contributed by atoms with Crippen LogP contribution in [0.15, 0.2) is 70.5 Å². The number of anilines is 1. The van der Waals surface area contributed by atoms with Crippen molar-refractivity contribution in [3.8, 4) is 0 Å². The number of hydrogen-bond acceptors (Lipinski definition) is 4. The van der Waals surface area contributed by atoms with Crippen molar-refractivity contribution in [3.05, 3.63) is 71.1 Å². The summed E-state index contributed by atoms with van der Waals surface area (Å²) >= 11 is 1.60. The Morgan fingerprint density at radius 3 is 2.68 bits per heavy atom. The summed E-state index contributed by atoms with van der Waals surface area (Å²) in [6, 6.07) is 16.6. The first-order valence-electron chi connectivity index (χ1n) is 8.85. The van der Waals surface area contributed by atoms with E-state index in [-0.39, 0.29) is 36.9 Å². The van der Waals surface area contributed by atoms with E-state index < -0.39 is 0 Å². The third-order valence-corrected chi connectivity index (χ3v) is 4.95. The fourth-order valence-corrected chi connectivity index (χ4v) is 3.26. The molecule has 0 bridgehead atoms. The predicted octanol–water partition coefficient (Wildman–Crippen LogP) is 2.87. The van der Waals surface area contributed by atoms with Gasteiger partial charge >= 0.3 is 0 Å². The number of nitrogens with zero attached hydrogens (tertiary/aromatic N) is 1. The Bertz CT molecular complexity index is 1060. The zero-order valence-electron chi connectivity index (χ0n) is 15.5. The van der Waals surface area contributed by atoms with Gasteiger partial charge in [-0.2, -0.15) is 0 Å². The number of carbonyl (C=O) groups excluding carboxylic acids is 2. The number of amides is 2. The van der Waals surface area contributed by atoms with E-state index in [1.807, 2.05) is 42.7 Å². The van der Waals surface area contributed by atoms with Crippen LogP contribution in [0.5, 0.6) is 0 Å². The van der Waals surface area contributed by atoms with Gasteiger partial charge in [-0.1, -0.05) is 24.3 Å². The molecule has 1 heterocycles. The van der Waals surface area contributed by atoms with E-state index in [0.717, 1.165) is 16.0 Å². The average molecular weight is 395 g/mol. The van der Waals surface area contributed by atoms with Crippen LogP contribution in [0, 0.1) is 0 Å². The predicted molar refractivity (Wildman–Crippen MR) is 113 cm³/mol. The first-order chi connectivity index (χ1) is 13.6. The van der Waals surface area contributed by atoms with Crippen LogP contribution in [0.4, 0.5) is 5.69 Å². The van der Waals surface area contributed by atoms with Gasteiger partial charge in [0.05, 0.1) is 0 Å². The molecule has 0 aliphatic rings. The minimum absolute atomic E-state index is 0.0823. The molecule has 0 spiro atoms. The Balaban J connectivity index is 1.50. The number of pyridine rings is 1. The number of hydrogen-bond donors (Lipinski definition) is 2. The summed E-state index contributed by atoms with van der Waals surface area (Å²) in [6.45, 7) is 0.121. The van der Waals surface area contributed by atoms with Crippen molar-refractivity contribution in [3.63, 3.8) is 0 Å². The van der Waals surface area contributed by atoms with Crippen molar-refractivity contribution in [2.24, 2.45) is 0 Å². The average Bonchev–Trinajstić information content (AvgIpc) is 2.70. The highest BCUT2D eigenvalue weighted by Gasteiger charge is 2.08. The van der Waals surface area contributed by atoms with Crippen molar-refractivity contribution in [2.75, 3.05) is 18.1 Å². The zero-order chi connectivity index (χ0) is 19.9. The second-order valence-electron chi connectivity index (χ2n) is 6.22. The van der Waals surface area contributed by atoms with E-state index in [9.17, 15) is 14.4 Å². The molecule has 2 aromatic carbocycles. The highest BCUT2D eigenvalue weighted by atomic mass is 32.2. The van der Waals surface area contributed by atoms with E-state index in [1.165, 1.54) is 4.57 Å². The van der Waals surface area contributed by atoms with E-state index in [0.29, 0.717) is 5.39 Å². The van der Waals surface area contributed by atoms with Crippen molar-refractivity contribution < 1.29 is 9.59 Å². The summed E-state index contributed by atoms with van der Waals surface area (Å²) in [4.78, 5) is 37.6. The molecule has 0 atom stereocenters. The van der Waals surface area contributed by atoms with Gasteiger partial charge in [-0.05, 0) is 42.0 Å². The highest BCUT2D eigenvalue weighted by Crippen LogP contribution is 2.18. The lowest BCUT2D eigenvalue weighted by Gasteiger charge is -2.09. The molecule has 144 valence electrons. The van der Waals surface area contributed by atoms with Crippen LogP contribution in [-0.2, 0) is 16.1 Å². The second kappa shape index (κ2) is 9.23. The van der Waals surface area contributed by atoms with Crippen LogP contribution in [0.25, 0.3) is 10.8 Å². The van der Waals surface area contributed by atoms with Gasteiger partial charge in [0.25, 0.3) is 5.56 Å². The normalized spacial score (nSPS) is 10.6. The Kier molecular flexibility index (Phi) is 6.49. The maximum atomic E-state index is 12.4. The number of carbonyl (C=O) groups is 2. The summed E-state index contributed by atoms with van der Waals surface area (Å²) in [5, 5.41) is 6.91. The molecule has 0 aliphatic carbocycles. The molecule has 2 N–H and O–H groups in total. The number of aromatic nitrogens is 1. The topological polar surface area (TPSA) is 80.2 Å². The fraction of sp³-hybridized carbons (Fsp3) is 0.190. The lowest BCUT2D eigenvalue weighted by molar-refractivity contribution is -0.121. The van der Waals surface area contributed by atoms with Crippen LogP contribution in [-0.4, -0.2) is 29.2 Å². The zero-order valence-corrected chi connectivity index (χ0v) is 16.3. The molecule has 1 aromatic heterocycles. The summed E-state index contributed by atoms with van der Waals surface area (Å²) < 4.78 is 1.37. The maximum Gasteiger partial charge on any atom is 0.258 e. The molecule has 6 nitrogen and oxygen atoms in total. The third-order valence-electron chi connectivity index (χ3n) is 4.23. The van der Waals surface area contributed by atoms with E-state index in [2.05, 4.69) is 10.6 Å². The number of rotatable bonds is 7. The van der Waals surface area contributed by atoms with Gasteiger partial charge < -0.3 is 15.2 Å². The van der Waals surface area contributed by atoms with E-state index >= 15 is 0 Å². The van der Waals surface area contributed by atoms with Gasteiger partial charge in [-0.3, -0.25) is 14.4 Å². The number of fused-ring (bicyclic) bond motifs is 1. The van der Waals surface area contributed by atoms with Crippen molar-refractivity contribution in [2.45, 2.75) is 17.9 Å². The maximum absolute atomic E-state index is 12.4. The van der Waals surface area contributed by atoms with Gasteiger partial charge in [-0.25, -0.2) is 0 Å². The van der Waals surface area contributed by atoms with Crippen LogP contribution in [0.2, 0.25) is 0 Å². The second-order valence-corrected chi connectivity index (χ2v) is 7.10. The molecule has 0 saturated carbocycles. The first kappa shape index (κ1) is 19.7. The SMILES string of the molecule is CSc1cccc(NC(=O)CCNC(=O)Cn2ccc3ccccc3c2=O)c1. The Hall–Kier alpha value is -3.06. The minimum atomic E-state index is -0.311. The number of thioether (sulfide) groups is 1. The lowest BCUT2D eigenvalue weighted by Crippen LogP contribution is -2.33. The van der Waals surface area contributed by atoms with Gasteiger partial charge in [0.15, 0.2) is 0 Å². The third kappa shape index (κ3) is 5.01. The molecule has 0 saturated heterocycles. The van der Waals surface area contributed by atoms with Gasteiger partial charge in [0.1, 0.15) is 6.54 Å². The number of nitrogens with one attached hydrogen (secondary N) is 2. The van der Waals surface area contributed by atoms with Crippen LogP contribution < -0.4 is 16.2 Å². The van der Waals surface area contributed by atoms with Gasteiger partial charge in [0.2, 0.25) is 11.8 Å². The summed E-state index contributed by atoms with van der Waals surface area (Å²) in [6.07, 6.45) is 3.73. The first-order valence-corrected chi connectivity index (χ1v) is 10.1. The highest BCUT2D eigenvalue weighted by molar-refractivity contribution is 7.98. The molecule has 0 unspecified atom stereocenters. The van der Waals surface area contributed by atoms with Crippen molar-refractivity contribution in [1.82, 2.24) is 9.88 Å². The molecule has 3 aromatic rings. The van der Waals surface area contributed by atoms with Crippen molar-refractivity contribution in [1.29, 1.82) is 0 Å². The van der Waals surface area contributed by atoms with E-state index in [1.54, 1.807) is 36.2 Å². The molecule has 0 fully saturated rings. The number of benzene rings is 2. The van der Waals surface area contributed by atoms with E-state index in [4.69, 9.17) is 0 Å². The molecule has 3 rings (SSSR count). The van der Waals surface area contributed by atoms with Gasteiger partial charge in [-0.15, -0.1) is 11.8 Å². The molecule has 0 radical (unpaired) electrons. The monoisotopic (exact) mass is 395 g/mol. The fourth-order valence-electron chi connectivity index (χ4n) is 2.80. The standard InChI is InChI=1S/C21H21N3O3S/c1-28-17-7-4-6-16(13-17)23-19(25)9-11-22-20(26)14-24-12-10-15-5-2-3-8-18(15)21(24)27/h2-8,10,12-13H,9,11,14H2,1H3,(H,22,26)(H,23,25). The molecule has 28 heavy (non-hydrogen) atoms. The van der Waals surface area contributed by atoms with Crippen LogP contribution in [0.3, 0.4) is 0 Å². The van der Waals surface area contributed by atoms with Crippen LogP contribution >= 0.6 is 11.8 Å². The quantitative estimate of drug-likeness (QED) is 0.603. The summed E-state index contributed by atoms with van der Waals surface area (Å²) in [5.74, 6) is -0.490. The summed E-state index contributed by atoms with van der Waals surface area (Å²) in [7, 11) is 0. The smallest absolute Gasteiger partial charge is 0.258 e. The largest absolute Gasteiger partial charge is 0.354 e. The van der Waals surface area contributed by atoms with Gasteiger partial charge in [0, 0.05) is 35.1 Å². The van der Waals surface area contributed by atoms with Crippen LogP contribution in [0.1, 0.15) is 6.42 Å². The minimum Gasteiger partial charge on any atom is -0.354 e. The molecule has 0 aliphatic heterocycles.